The number of hydrogen-bond acceptors (Lipinski definition) is 5. The molecule has 6 heteroatoms. The van der Waals surface area contributed by atoms with Crippen LogP contribution in [0.4, 0.5) is 5.69 Å². The van der Waals surface area contributed by atoms with Crippen LogP contribution in [0.5, 0.6) is 17.2 Å². The van der Waals surface area contributed by atoms with Crippen LogP contribution in [0.3, 0.4) is 0 Å². The molecule has 0 spiro atoms. The van der Waals surface area contributed by atoms with E-state index >= 15 is 0 Å². The van der Waals surface area contributed by atoms with Crippen molar-refractivity contribution in [3.8, 4) is 34.2 Å². The van der Waals surface area contributed by atoms with E-state index < -0.39 is 0 Å². The predicted octanol–water partition coefficient (Wildman–Crippen LogP) is 3.15. The minimum Gasteiger partial charge on any atom is -0.493 e. The van der Waals surface area contributed by atoms with Crippen LogP contribution in [-0.2, 0) is 0 Å². The van der Waals surface area contributed by atoms with Gasteiger partial charge in [0, 0.05) is 11.3 Å². The predicted molar refractivity (Wildman–Crippen MR) is 93.1 cm³/mol. The molecule has 0 bridgehead atoms. The third-order valence-electron chi connectivity index (χ3n) is 3.74. The van der Waals surface area contributed by atoms with E-state index in [-0.39, 0.29) is 0 Å². The van der Waals surface area contributed by atoms with E-state index in [0.29, 0.717) is 22.9 Å². The Morgan fingerprint density at radius 1 is 0.875 bits per heavy atom. The molecule has 2 aromatic carbocycles. The van der Waals surface area contributed by atoms with Gasteiger partial charge in [-0.2, -0.15) is 5.10 Å². The maximum atomic E-state index is 5.76. The van der Waals surface area contributed by atoms with Crippen LogP contribution in [0, 0.1) is 0 Å². The van der Waals surface area contributed by atoms with Crippen LogP contribution in [0.2, 0.25) is 0 Å². The molecule has 0 amide bonds. The molecule has 0 saturated heterocycles. The van der Waals surface area contributed by atoms with Gasteiger partial charge in [0.1, 0.15) is 0 Å². The maximum absolute atomic E-state index is 5.76. The molecule has 1 heterocycles. The molecule has 0 atom stereocenters. The standard InChI is InChI=1S/C18H19N3O3/c1-22-16-10-12(11-17(23-2)18(16)24-3)15-8-9-20-21(15)14-6-4-13(19)5-7-14/h4-11H,19H2,1-3H3. The molecule has 0 aliphatic heterocycles. The van der Waals surface area contributed by atoms with E-state index in [1.807, 2.05) is 47.1 Å². The fraction of sp³-hybridized carbons (Fsp3) is 0.167. The third kappa shape index (κ3) is 2.74. The van der Waals surface area contributed by atoms with Gasteiger partial charge in [0.05, 0.1) is 38.9 Å². The number of rotatable bonds is 5. The highest BCUT2D eigenvalue weighted by molar-refractivity contribution is 5.70. The molecule has 0 aliphatic carbocycles. The van der Waals surface area contributed by atoms with Crippen LogP contribution in [0.15, 0.2) is 48.7 Å². The summed E-state index contributed by atoms with van der Waals surface area (Å²) in [6, 6.07) is 13.2. The number of nitrogens with two attached hydrogens (primary N) is 1. The van der Waals surface area contributed by atoms with Crippen LogP contribution in [0.25, 0.3) is 16.9 Å². The quantitative estimate of drug-likeness (QED) is 0.730. The Kier molecular flexibility index (Phi) is 4.29. The molecule has 0 saturated carbocycles. The van der Waals surface area contributed by atoms with E-state index in [9.17, 15) is 0 Å². The number of benzene rings is 2. The SMILES string of the molecule is COc1cc(-c2ccnn2-c2ccc(N)cc2)cc(OC)c1OC. The lowest BCUT2D eigenvalue weighted by atomic mass is 10.1. The summed E-state index contributed by atoms with van der Waals surface area (Å²) in [6.45, 7) is 0. The van der Waals surface area contributed by atoms with Gasteiger partial charge in [-0.05, 0) is 42.5 Å². The topological polar surface area (TPSA) is 71.5 Å². The summed E-state index contributed by atoms with van der Waals surface area (Å²) in [4.78, 5) is 0. The highest BCUT2D eigenvalue weighted by atomic mass is 16.5. The average molecular weight is 325 g/mol. The summed E-state index contributed by atoms with van der Waals surface area (Å²) >= 11 is 0. The largest absolute Gasteiger partial charge is 0.493 e. The molecule has 1 aromatic heterocycles. The molecule has 124 valence electrons. The zero-order valence-corrected chi connectivity index (χ0v) is 13.8. The summed E-state index contributed by atoms with van der Waals surface area (Å²) < 4.78 is 18.1. The summed E-state index contributed by atoms with van der Waals surface area (Å²) in [7, 11) is 4.77. The number of hydrogen-bond donors (Lipinski definition) is 1. The Morgan fingerprint density at radius 3 is 2.04 bits per heavy atom. The molecule has 24 heavy (non-hydrogen) atoms. The summed E-state index contributed by atoms with van der Waals surface area (Å²) in [5.41, 5.74) is 9.19. The third-order valence-corrected chi connectivity index (χ3v) is 3.74. The maximum Gasteiger partial charge on any atom is 0.203 e. The van der Waals surface area contributed by atoms with E-state index in [0.717, 1.165) is 16.9 Å². The molecule has 3 aromatic rings. The van der Waals surface area contributed by atoms with Gasteiger partial charge in [-0.3, -0.25) is 0 Å². The van der Waals surface area contributed by atoms with Gasteiger partial charge in [-0.25, -0.2) is 4.68 Å². The summed E-state index contributed by atoms with van der Waals surface area (Å²) in [6.07, 6.45) is 1.74. The molecule has 3 rings (SSSR count). The fourth-order valence-corrected chi connectivity index (χ4v) is 2.57. The first-order valence-corrected chi connectivity index (χ1v) is 7.38. The van der Waals surface area contributed by atoms with Crippen molar-refractivity contribution in [1.82, 2.24) is 9.78 Å². The second-order valence-electron chi connectivity index (χ2n) is 5.13. The van der Waals surface area contributed by atoms with Gasteiger partial charge in [-0.1, -0.05) is 0 Å². The van der Waals surface area contributed by atoms with Crippen LogP contribution < -0.4 is 19.9 Å². The lowest BCUT2D eigenvalue weighted by molar-refractivity contribution is 0.324. The van der Waals surface area contributed by atoms with Crippen molar-refractivity contribution in [2.45, 2.75) is 0 Å². The molecule has 2 N–H and O–H groups in total. The summed E-state index contributed by atoms with van der Waals surface area (Å²) in [5.74, 6) is 1.75. The number of ether oxygens (including phenoxy) is 3. The Morgan fingerprint density at radius 2 is 1.50 bits per heavy atom. The minimum atomic E-state index is 0.558. The number of anilines is 1. The highest BCUT2D eigenvalue weighted by Gasteiger charge is 2.16. The molecule has 0 aliphatic rings. The van der Waals surface area contributed by atoms with Gasteiger partial charge in [0.25, 0.3) is 0 Å². The van der Waals surface area contributed by atoms with E-state index in [4.69, 9.17) is 19.9 Å². The van der Waals surface area contributed by atoms with E-state index in [1.165, 1.54) is 0 Å². The lowest BCUT2D eigenvalue weighted by Crippen LogP contribution is -2.01. The zero-order valence-electron chi connectivity index (χ0n) is 13.8. The molecular formula is C18H19N3O3. The first-order chi connectivity index (χ1) is 11.7. The number of nitrogens with zero attached hydrogens (tertiary/aromatic N) is 2. The zero-order chi connectivity index (χ0) is 17.1. The van der Waals surface area contributed by atoms with E-state index in [2.05, 4.69) is 5.10 Å². The van der Waals surface area contributed by atoms with Gasteiger partial charge in [-0.15, -0.1) is 0 Å². The number of aromatic nitrogens is 2. The van der Waals surface area contributed by atoms with Crippen molar-refractivity contribution in [2.75, 3.05) is 27.1 Å². The molecular weight excluding hydrogens is 306 g/mol. The van der Waals surface area contributed by atoms with Crippen molar-refractivity contribution in [1.29, 1.82) is 0 Å². The fourth-order valence-electron chi connectivity index (χ4n) is 2.57. The van der Waals surface area contributed by atoms with Crippen LogP contribution in [0.1, 0.15) is 0 Å². The normalized spacial score (nSPS) is 10.5. The Labute approximate surface area is 140 Å². The number of methoxy groups -OCH3 is 3. The lowest BCUT2D eigenvalue weighted by Gasteiger charge is -2.15. The second-order valence-corrected chi connectivity index (χ2v) is 5.13. The molecule has 0 unspecified atom stereocenters. The Bertz CT molecular complexity index is 816. The van der Waals surface area contributed by atoms with Crippen molar-refractivity contribution in [3.05, 3.63) is 48.7 Å². The van der Waals surface area contributed by atoms with Crippen molar-refractivity contribution in [3.63, 3.8) is 0 Å². The van der Waals surface area contributed by atoms with Crippen molar-refractivity contribution in [2.24, 2.45) is 0 Å². The average Bonchev–Trinajstić information content (AvgIpc) is 3.10. The number of nitrogen functional groups attached to an aromatic ring is 1. The van der Waals surface area contributed by atoms with Gasteiger partial charge < -0.3 is 19.9 Å². The molecule has 0 radical (unpaired) electrons. The smallest absolute Gasteiger partial charge is 0.203 e. The second kappa shape index (κ2) is 6.54. The van der Waals surface area contributed by atoms with E-state index in [1.54, 1.807) is 27.5 Å². The first-order valence-electron chi connectivity index (χ1n) is 7.38. The van der Waals surface area contributed by atoms with Gasteiger partial charge in [0.15, 0.2) is 11.5 Å². The summed E-state index contributed by atoms with van der Waals surface area (Å²) in [5, 5.41) is 4.41. The van der Waals surface area contributed by atoms with Crippen LogP contribution >= 0.6 is 0 Å². The monoisotopic (exact) mass is 325 g/mol. The highest BCUT2D eigenvalue weighted by Crippen LogP contribution is 2.41. The Balaban J connectivity index is 2.14. The van der Waals surface area contributed by atoms with Crippen molar-refractivity contribution >= 4 is 5.69 Å². The Hall–Kier alpha value is -3.15. The minimum absolute atomic E-state index is 0.558. The van der Waals surface area contributed by atoms with Gasteiger partial charge >= 0.3 is 0 Å². The first kappa shape index (κ1) is 15.7. The van der Waals surface area contributed by atoms with Gasteiger partial charge in [0.2, 0.25) is 5.75 Å². The molecule has 6 nitrogen and oxygen atoms in total. The van der Waals surface area contributed by atoms with Crippen LogP contribution in [-0.4, -0.2) is 31.1 Å². The molecule has 0 fully saturated rings. The van der Waals surface area contributed by atoms with Crippen molar-refractivity contribution < 1.29 is 14.2 Å².